The van der Waals surface area contributed by atoms with Crippen LogP contribution in [0, 0.1) is 0 Å². The van der Waals surface area contributed by atoms with Crippen LogP contribution in [0.1, 0.15) is 5.56 Å². The van der Waals surface area contributed by atoms with Gasteiger partial charge in [-0.2, -0.15) is 4.98 Å². The molecule has 2 N–H and O–H groups in total. The van der Waals surface area contributed by atoms with Gasteiger partial charge in [-0.25, -0.2) is 0 Å². The van der Waals surface area contributed by atoms with Gasteiger partial charge in [-0.15, -0.1) is 0 Å². The fourth-order valence-electron chi connectivity index (χ4n) is 1.78. The van der Waals surface area contributed by atoms with Crippen molar-refractivity contribution in [2.45, 2.75) is 6.54 Å². The van der Waals surface area contributed by atoms with Crippen LogP contribution < -0.4 is 5.73 Å². The van der Waals surface area contributed by atoms with Gasteiger partial charge in [0.2, 0.25) is 5.82 Å². The molecule has 3 aromatic rings. The molecule has 0 saturated carbocycles. The molecular formula is C14H11BrN4O. The van der Waals surface area contributed by atoms with Crippen LogP contribution in [0.5, 0.6) is 0 Å². The SMILES string of the molecule is NCc1ccc(-c2nc(-c3cncc(Br)c3)no2)cc1. The van der Waals surface area contributed by atoms with E-state index in [0.29, 0.717) is 18.3 Å². The Morgan fingerprint density at radius 2 is 1.90 bits per heavy atom. The minimum atomic E-state index is 0.476. The van der Waals surface area contributed by atoms with Gasteiger partial charge in [0.1, 0.15) is 0 Å². The van der Waals surface area contributed by atoms with Crippen LogP contribution in [-0.2, 0) is 6.54 Å². The Bertz CT molecular complexity index is 724. The molecule has 0 spiro atoms. The highest BCUT2D eigenvalue weighted by Crippen LogP contribution is 2.23. The maximum atomic E-state index is 5.57. The number of nitrogens with two attached hydrogens (primary N) is 1. The van der Waals surface area contributed by atoms with E-state index in [9.17, 15) is 0 Å². The van der Waals surface area contributed by atoms with Crippen LogP contribution in [-0.4, -0.2) is 15.1 Å². The molecule has 0 aliphatic rings. The lowest BCUT2D eigenvalue weighted by Crippen LogP contribution is -1.95. The molecule has 0 unspecified atom stereocenters. The third-order valence-corrected chi connectivity index (χ3v) is 3.26. The molecule has 0 aliphatic carbocycles. The molecule has 2 heterocycles. The van der Waals surface area contributed by atoms with Gasteiger partial charge in [0.05, 0.1) is 0 Å². The lowest BCUT2D eigenvalue weighted by Gasteiger charge is -1.97. The first-order valence-corrected chi connectivity index (χ1v) is 6.79. The first-order chi connectivity index (χ1) is 9.76. The molecule has 100 valence electrons. The second-order valence-corrected chi connectivity index (χ2v) is 5.13. The van der Waals surface area contributed by atoms with E-state index >= 15 is 0 Å². The Kier molecular flexibility index (Phi) is 3.58. The smallest absolute Gasteiger partial charge is 0.258 e. The summed E-state index contributed by atoms with van der Waals surface area (Å²) in [5.74, 6) is 0.986. The van der Waals surface area contributed by atoms with E-state index in [0.717, 1.165) is 21.2 Å². The predicted molar refractivity (Wildman–Crippen MR) is 78.6 cm³/mol. The second kappa shape index (κ2) is 5.52. The molecular weight excluding hydrogens is 320 g/mol. The lowest BCUT2D eigenvalue weighted by molar-refractivity contribution is 0.432. The van der Waals surface area contributed by atoms with Gasteiger partial charge >= 0.3 is 0 Å². The molecule has 20 heavy (non-hydrogen) atoms. The molecule has 0 radical (unpaired) electrons. The molecule has 0 amide bonds. The summed E-state index contributed by atoms with van der Waals surface area (Å²) >= 11 is 3.37. The monoisotopic (exact) mass is 330 g/mol. The molecule has 0 atom stereocenters. The summed E-state index contributed by atoms with van der Waals surface area (Å²) in [5, 5.41) is 3.97. The van der Waals surface area contributed by atoms with Crippen molar-refractivity contribution in [2.75, 3.05) is 0 Å². The Labute approximate surface area is 124 Å². The summed E-state index contributed by atoms with van der Waals surface area (Å²) < 4.78 is 6.15. The minimum Gasteiger partial charge on any atom is -0.334 e. The first kappa shape index (κ1) is 13.0. The van der Waals surface area contributed by atoms with E-state index in [1.54, 1.807) is 12.4 Å². The standard InChI is InChI=1S/C14H11BrN4O/c15-12-5-11(7-17-8-12)13-18-14(20-19-13)10-3-1-9(6-16)2-4-10/h1-5,7-8H,6,16H2. The summed E-state index contributed by atoms with van der Waals surface area (Å²) in [6.07, 6.45) is 3.40. The van der Waals surface area contributed by atoms with Crippen LogP contribution in [0.25, 0.3) is 22.8 Å². The lowest BCUT2D eigenvalue weighted by atomic mass is 10.1. The molecule has 0 fully saturated rings. The predicted octanol–water partition coefficient (Wildman–Crippen LogP) is 3.02. The van der Waals surface area contributed by atoms with E-state index in [4.69, 9.17) is 10.3 Å². The number of pyridine rings is 1. The van der Waals surface area contributed by atoms with E-state index in [1.165, 1.54) is 0 Å². The molecule has 0 aliphatic heterocycles. The van der Waals surface area contributed by atoms with Gasteiger partial charge in [-0.1, -0.05) is 17.3 Å². The molecule has 1 aromatic carbocycles. The van der Waals surface area contributed by atoms with Gasteiger partial charge < -0.3 is 10.3 Å². The number of hydrogen-bond acceptors (Lipinski definition) is 5. The molecule has 6 heteroatoms. The zero-order chi connectivity index (χ0) is 13.9. The van der Waals surface area contributed by atoms with Crippen LogP contribution in [0.15, 0.2) is 51.7 Å². The summed E-state index contributed by atoms with van der Waals surface area (Å²) in [6, 6.07) is 9.61. The maximum absolute atomic E-state index is 5.57. The van der Waals surface area contributed by atoms with Gasteiger partial charge in [0.25, 0.3) is 5.89 Å². The summed E-state index contributed by atoms with van der Waals surface area (Å²) in [4.78, 5) is 8.46. The Hall–Kier alpha value is -2.05. The van der Waals surface area contributed by atoms with E-state index in [1.807, 2.05) is 30.3 Å². The number of rotatable bonds is 3. The summed E-state index contributed by atoms with van der Waals surface area (Å²) in [5.41, 5.74) is 8.29. The Morgan fingerprint density at radius 3 is 2.60 bits per heavy atom. The van der Waals surface area contributed by atoms with Crippen molar-refractivity contribution in [3.63, 3.8) is 0 Å². The highest BCUT2D eigenvalue weighted by molar-refractivity contribution is 9.10. The van der Waals surface area contributed by atoms with Gasteiger partial charge in [0, 0.05) is 34.5 Å². The van der Waals surface area contributed by atoms with Crippen molar-refractivity contribution in [1.29, 1.82) is 0 Å². The van der Waals surface area contributed by atoms with Crippen LogP contribution in [0.3, 0.4) is 0 Å². The number of aromatic nitrogens is 3. The maximum Gasteiger partial charge on any atom is 0.258 e. The highest BCUT2D eigenvalue weighted by Gasteiger charge is 2.11. The van der Waals surface area contributed by atoms with E-state index in [-0.39, 0.29) is 0 Å². The molecule has 0 bridgehead atoms. The van der Waals surface area contributed by atoms with Crippen LogP contribution in [0.4, 0.5) is 0 Å². The fourth-order valence-corrected chi connectivity index (χ4v) is 2.14. The molecule has 2 aromatic heterocycles. The van der Waals surface area contributed by atoms with Crippen molar-refractivity contribution in [3.8, 4) is 22.8 Å². The van der Waals surface area contributed by atoms with Gasteiger partial charge in [0.15, 0.2) is 0 Å². The van der Waals surface area contributed by atoms with Crippen LogP contribution >= 0.6 is 15.9 Å². The largest absolute Gasteiger partial charge is 0.334 e. The number of benzene rings is 1. The number of hydrogen-bond donors (Lipinski definition) is 1. The number of halogens is 1. The number of nitrogens with zero attached hydrogens (tertiary/aromatic N) is 3. The van der Waals surface area contributed by atoms with Crippen molar-refractivity contribution < 1.29 is 4.52 Å². The third-order valence-electron chi connectivity index (χ3n) is 2.83. The molecule has 5 nitrogen and oxygen atoms in total. The quantitative estimate of drug-likeness (QED) is 0.798. The Balaban J connectivity index is 1.93. The average Bonchev–Trinajstić information content (AvgIpc) is 2.97. The molecule has 3 rings (SSSR count). The summed E-state index contributed by atoms with van der Waals surface area (Å²) in [7, 11) is 0. The topological polar surface area (TPSA) is 77.8 Å². The van der Waals surface area contributed by atoms with Gasteiger partial charge in [-0.3, -0.25) is 4.98 Å². The minimum absolute atomic E-state index is 0.476. The van der Waals surface area contributed by atoms with Gasteiger partial charge in [-0.05, 0) is 39.7 Å². The molecule has 0 saturated heterocycles. The van der Waals surface area contributed by atoms with Crippen LogP contribution in [0.2, 0.25) is 0 Å². The zero-order valence-corrected chi connectivity index (χ0v) is 12.0. The average molecular weight is 331 g/mol. The first-order valence-electron chi connectivity index (χ1n) is 6.00. The van der Waals surface area contributed by atoms with E-state index < -0.39 is 0 Å². The van der Waals surface area contributed by atoms with Crippen molar-refractivity contribution in [3.05, 3.63) is 52.8 Å². The van der Waals surface area contributed by atoms with E-state index in [2.05, 4.69) is 31.1 Å². The fraction of sp³-hybridized carbons (Fsp3) is 0.0714. The van der Waals surface area contributed by atoms with Crippen molar-refractivity contribution >= 4 is 15.9 Å². The summed E-state index contributed by atoms with van der Waals surface area (Å²) in [6.45, 7) is 0.513. The van der Waals surface area contributed by atoms with Crippen molar-refractivity contribution in [2.24, 2.45) is 5.73 Å². The zero-order valence-electron chi connectivity index (χ0n) is 10.5. The second-order valence-electron chi connectivity index (χ2n) is 4.22. The van der Waals surface area contributed by atoms with Crippen molar-refractivity contribution in [1.82, 2.24) is 15.1 Å². The Morgan fingerprint density at radius 1 is 1.10 bits per heavy atom. The normalized spacial score (nSPS) is 10.7. The highest BCUT2D eigenvalue weighted by atomic mass is 79.9. The third kappa shape index (κ3) is 2.61.